The van der Waals surface area contributed by atoms with E-state index in [9.17, 15) is 4.79 Å². The number of hydrogen-bond donors (Lipinski definition) is 0. The Balaban J connectivity index is 2.42. The lowest BCUT2D eigenvalue weighted by molar-refractivity contribution is -0.140. The summed E-state index contributed by atoms with van der Waals surface area (Å²) in [6, 6.07) is 3.90. The van der Waals surface area contributed by atoms with E-state index >= 15 is 0 Å². The number of rotatable bonds is 5. The van der Waals surface area contributed by atoms with Crippen molar-refractivity contribution >= 4 is 21.9 Å². The summed E-state index contributed by atoms with van der Waals surface area (Å²) in [7, 11) is 3.34. The van der Waals surface area contributed by atoms with E-state index in [4.69, 9.17) is 0 Å². The van der Waals surface area contributed by atoms with Gasteiger partial charge in [-0.1, -0.05) is 22.0 Å². The van der Waals surface area contributed by atoms with Gasteiger partial charge in [0.2, 0.25) is 0 Å². The third-order valence-electron chi connectivity index (χ3n) is 2.10. The molecule has 0 aliphatic rings. The molecule has 1 unspecified atom stereocenters. The van der Waals surface area contributed by atoms with Crippen LogP contribution in [0.25, 0.3) is 0 Å². The maximum Gasteiger partial charge on any atom is 0.320 e. The molecule has 0 spiro atoms. The van der Waals surface area contributed by atoms with Gasteiger partial charge in [0.15, 0.2) is 0 Å². The molecule has 0 aliphatic heterocycles. The predicted octanol–water partition coefficient (Wildman–Crippen LogP) is 1.45. The lowest BCUT2D eigenvalue weighted by atomic mass is 10.2. The fourth-order valence-corrected chi connectivity index (χ4v) is 2.03. The van der Waals surface area contributed by atoms with Crippen molar-refractivity contribution in [1.29, 1.82) is 0 Å². The van der Waals surface area contributed by atoms with Crippen molar-refractivity contribution in [1.82, 2.24) is 9.88 Å². The molecule has 0 saturated carbocycles. The maximum atomic E-state index is 11.2. The number of aromatic nitrogens is 1. The minimum atomic E-state index is -0.292. The summed E-state index contributed by atoms with van der Waals surface area (Å²) in [5.41, 5.74) is 1.12. The molecule has 0 saturated heterocycles. The summed E-state index contributed by atoms with van der Waals surface area (Å²) >= 11 is 3.29. The highest BCUT2D eigenvalue weighted by Gasteiger charge is 2.17. The zero-order valence-electron chi connectivity index (χ0n) is 9.39. The van der Waals surface area contributed by atoms with Crippen molar-refractivity contribution in [3.8, 4) is 0 Å². The Bertz CT molecular complexity index is 332. The number of hydrogen-bond acceptors (Lipinski definition) is 4. The van der Waals surface area contributed by atoms with E-state index in [0.29, 0.717) is 6.54 Å². The average molecular weight is 287 g/mol. The van der Waals surface area contributed by atoms with E-state index in [0.717, 1.165) is 12.1 Å². The molecule has 0 fully saturated rings. The smallest absolute Gasteiger partial charge is 0.320 e. The molecule has 1 atom stereocenters. The minimum absolute atomic E-state index is 0.252. The van der Waals surface area contributed by atoms with Gasteiger partial charge in [-0.2, -0.15) is 0 Å². The molecule has 5 heteroatoms. The Kier molecular flexibility index (Phi) is 5.42. The fraction of sp³-hybridized carbons (Fsp3) is 0.455. The normalized spacial score (nSPS) is 12.5. The van der Waals surface area contributed by atoms with E-state index < -0.39 is 0 Å². The van der Waals surface area contributed by atoms with Gasteiger partial charge in [0.05, 0.1) is 7.11 Å². The van der Waals surface area contributed by atoms with Crippen LogP contribution in [0.4, 0.5) is 0 Å². The van der Waals surface area contributed by atoms with Gasteiger partial charge in [0.1, 0.15) is 4.83 Å². The predicted molar refractivity (Wildman–Crippen MR) is 65.3 cm³/mol. The summed E-state index contributed by atoms with van der Waals surface area (Å²) < 4.78 is 4.64. The maximum absolute atomic E-state index is 11.2. The molecule has 0 aliphatic carbocycles. The van der Waals surface area contributed by atoms with Gasteiger partial charge in [-0.3, -0.25) is 9.78 Å². The molecule has 0 radical (unpaired) electrons. The Morgan fingerprint density at radius 1 is 1.69 bits per heavy atom. The first-order chi connectivity index (χ1) is 7.63. The van der Waals surface area contributed by atoms with Crippen molar-refractivity contribution in [3.05, 3.63) is 30.1 Å². The van der Waals surface area contributed by atoms with E-state index in [1.165, 1.54) is 7.11 Å². The van der Waals surface area contributed by atoms with Gasteiger partial charge in [-0.25, -0.2) is 0 Å². The molecule has 1 rings (SSSR count). The molecule has 1 aromatic heterocycles. The number of carbonyl (C=O) groups excluding carboxylic acids is 1. The Labute approximate surface area is 104 Å². The first kappa shape index (κ1) is 13.1. The zero-order valence-corrected chi connectivity index (χ0v) is 11.0. The largest absolute Gasteiger partial charge is 0.468 e. The molecule has 4 nitrogen and oxygen atoms in total. The van der Waals surface area contributed by atoms with Crippen LogP contribution in [0.2, 0.25) is 0 Å². The van der Waals surface area contributed by atoms with Crippen LogP contribution in [0.3, 0.4) is 0 Å². The van der Waals surface area contributed by atoms with E-state index in [-0.39, 0.29) is 10.8 Å². The first-order valence-corrected chi connectivity index (χ1v) is 5.84. The van der Waals surface area contributed by atoms with Crippen molar-refractivity contribution in [2.24, 2.45) is 0 Å². The first-order valence-electron chi connectivity index (χ1n) is 4.93. The number of carbonyl (C=O) groups is 1. The van der Waals surface area contributed by atoms with Crippen molar-refractivity contribution in [2.75, 3.05) is 20.7 Å². The molecule has 88 valence electrons. The lowest BCUT2D eigenvalue weighted by Gasteiger charge is -2.18. The van der Waals surface area contributed by atoms with Gasteiger partial charge in [-0.05, 0) is 18.7 Å². The highest BCUT2D eigenvalue weighted by Crippen LogP contribution is 2.07. The lowest BCUT2D eigenvalue weighted by Crippen LogP contribution is -2.31. The quantitative estimate of drug-likeness (QED) is 0.607. The molecule has 1 aromatic rings. The average Bonchev–Trinajstić information content (AvgIpc) is 2.29. The number of nitrogens with zero attached hydrogens (tertiary/aromatic N) is 2. The van der Waals surface area contributed by atoms with Crippen LogP contribution in [-0.4, -0.2) is 41.4 Å². The highest BCUT2D eigenvalue weighted by molar-refractivity contribution is 9.10. The SMILES string of the molecule is COC(=O)C(Br)CN(C)Cc1cccnc1. The van der Waals surface area contributed by atoms with Crippen LogP contribution < -0.4 is 0 Å². The van der Waals surface area contributed by atoms with Crippen molar-refractivity contribution < 1.29 is 9.53 Å². The second-order valence-electron chi connectivity index (χ2n) is 3.55. The summed E-state index contributed by atoms with van der Waals surface area (Å²) in [5.74, 6) is -0.252. The Morgan fingerprint density at radius 3 is 3.00 bits per heavy atom. The summed E-state index contributed by atoms with van der Waals surface area (Å²) in [6.07, 6.45) is 3.56. The van der Waals surface area contributed by atoms with Crippen LogP contribution in [-0.2, 0) is 16.1 Å². The van der Waals surface area contributed by atoms with Crippen LogP contribution in [0.5, 0.6) is 0 Å². The van der Waals surface area contributed by atoms with Crippen LogP contribution in [0.1, 0.15) is 5.56 Å². The van der Waals surface area contributed by atoms with Gasteiger partial charge < -0.3 is 9.64 Å². The van der Waals surface area contributed by atoms with Gasteiger partial charge in [0, 0.05) is 25.5 Å². The molecule has 1 heterocycles. The third-order valence-corrected chi connectivity index (χ3v) is 2.77. The second-order valence-corrected chi connectivity index (χ2v) is 4.65. The number of esters is 1. The zero-order chi connectivity index (χ0) is 12.0. The van der Waals surface area contributed by atoms with Crippen molar-refractivity contribution in [2.45, 2.75) is 11.4 Å². The number of methoxy groups -OCH3 is 1. The van der Waals surface area contributed by atoms with E-state index in [1.807, 2.05) is 30.3 Å². The molecule has 16 heavy (non-hydrogen) atoms. The van der Waals surface area contributed by atoms with Crippen molar-refractivity contribution in [3.63, 3.8) is 0 Å². The number of halogens is 1. The third kappa shape index (κ3) is 4.28. The topological polar surface area (TPSA) is 42.4 Å². The van der Waals surface area contributed by atoms with Crippen LogP contribution in [0.15, 0.2) is 24.5 Å². The molecular formula is C11H15BrN2O2. The molecular weight excluding hydrogens is 272 g/mol. The fourth-order valence-electron chi connectivity index (χ4n) is 1.34. The Hall–Kier alpha value is -0.940. The monoisotopic (exact) mass is 286 g/mol. The molecule has 0 amide bonds. The molecule has 0 N–H and O–H groups in total. The minimum Gasteiger partial charge on any atom is -0.468 e. The summed E-state index contributed by atoms with van der Waals surface area (Å²) in [6.45, 7) is 1.36. The Morgan fingerprint density at radius 2 is 2.44 bits per heavy atom. The number of ether oxygens (including phenoxy) is 1. The van der Waals surface area contributed by atoms with E-state index in [1.54, 1.807) is 6.20 Å². The van der Waals surface area contributed by atoms with Gasteiger partial charge >= 0.3 is 5.97 Å². The van der Waals surface area contributed by atoms with Crippen LogP contribution in [0, 0.1) is 0 Å². The highest BCUT2D eigenvalue weighted by atomic mass is 79.9. The summed E-state index contributed by atoms with van der Waals surface area (Å²) in [4.78, 5) is 17.0. The standard InChI is InChI=1S/C11H15BrN2O2/c1-14(8-10(12)11(15)16-2)7-9-4-3-5-13-6-9/h3-6,10H,7-8H2,1-2H3. The van der Waals surface area contributed by atoms with Gasteiger partial charge in [0.25, 0.3) is 0 Å². The van der Waals surface area contributed by atoms with Gasteiger partial charge in [-0.15, -0.1) is 0 Å². The molecule has 0 bridgehead atoms. The number of pyridine rings is 1. The molecule has 0 aromatic carbocycles. The van der Waals surface area contributed by atoms with E-state index in [2.05, 4.69) is 25.7 Å². The van der Waals surface area contributed by atoms with Crippen LogP contribution >= 0.6 is 15.9 Å². The summed E-state index contributed by atoms with van der Waals surface area (Å²) in [5, 5.41) is 0. The number of alkyl halides is 1. The second kappa shape index (κ2) is 6.60.